The molecule has 1 N–H and O–H groups in total. The van der Waals surface area contributed by atoms with E-state index in [1.54, 1.807) is 11.3 Å². The Bertz CT molecular complexity index is 364. The van der Waals surface area contributed by atoms with E-state index in [4.69, 9.17) is 0 Å². The van der Waals surface area contributed by atoms with E-state index in [-0.39, 0.29) is 18.3 Å². The highest BCUT2D eigenvalue weighted by atomic mass is 35.5. The van der Waals surface area contributed by atoms with Crippen molar-refractivity contribution in [2.75, 3.05) is 20.1 Å². The van der Waals surface area contributed by atoms with Crippen LogP contribution in [0.2, 0.25) is 0 Å². The molecule has 1 amide bonds. The minimum atomic E-state index is 0. The van der Waals surface area contributed by atoms with Crippen LogP contribution in [0.5, 0.6) is 0 Å². The number of hydrogen-bond donors (Lipinski definition) is 1. The van der Waals surface area contributed by atoms with Crippen LogP contribution in [-0.2, 0) is 11.2 Å². The largest absolute Gasteiger partial charge is 0.345 e. The summed E-state index contributed by atoms with van der Waals surface area (Å²) in [6.45, 7) is 1.95. The first-order chi connectivity index (χ1) is 8.75. The van der Waals surface area contributed by atoms with Crippen molar-refractivity contribution in [3.63, 3.8) is 0 Å². The first kappa shape index (κ1) is 16.5. The van der Waals surface area contributed by atoms with E-state index >= 15 is 0 Å². The summed E-state index contributed by atoms with van der Waals surface area (Å²) in [6.07, 6.45) is 5.13. The maximum atomic E-state index is 12.0. The van der Waals surface area contributed by atoms with Crippen LogP contribution < -0.4 is 5.32 Å². The van der Waals surface area contributed by atoms with Gasteiger partial charge in [-0.25, -0.2) is 0 Å². The van der Waals surface area contributed by atoms with E-state index in [2.05, 4.69) is 22.8 Å². The average Bonchev–Trinajstić information content (AvgIpc) is 3.05. The molecule has 1 saturated heterocycles. The lowest BCUT2D eigenvalue weighted by atomic mass is 10.1. The number of rotatable bonds is 6. The number of carbonyl (C=O) groups is 1. The minimum Gasteiger partial charge on any atom is -0.345 e. The van der Waals surface area contributed by atoms with E-state index in [1.807, 2.05) is 11.9 Å². The molecule has 108 valence electrons. The molecule has 1 aromatic rings. The predicted octanol–water partition coefficient (Wildman–Crippen LogP) is 2.70. The van der Waals surface area contributed by atoms with Crippen LogP contribution in [-0.4, -0.2) is 37.0 Å². The normalized spacial score (nSPS) is 18.1. The van der Waals surface area contributed by atoms with Crippen LogP contribution >= 0.6 is 23.7 Å². The van der Waals surface area contributed by atoms with Gasteiger partial charge in [0.05, 0.1) is 0 Å². The first-order valence-corrected chi connectivity index (χ1v) is 7.63. The van der Waals surface area contributed by atoms with Crippen molar-refractivity contribution >= 4 is 29.7 Å². The Morgan fingerprint density at radius 2 is 2.42 bits per heavy atom. The molecule has 3 nitrogen and oxygen atoms in total. The Balaban J connectivity index is 0.00000180. The molecule has 0 saturated carbocycles. The van der Waals surface area contributed by atoms with Crippen LogP contribution in [0.15, 0.2) is 17.5 Å². The first-order valence-electron chi connectivity index (χ1n) is 6.75. The number of nitrogens with zero attached hydrogens (tertiary/aromatic N) is 1. The molecule has 1 aromatic heterocycles. The highest BCUT2D eigenvalue weighted by molar-refractivity contribution is 7.09. The second-order valence-electron chi connectivity index (χ2n) is 4.98. The number of hydrogen-bond acceptors (Lipinski definition) is 3. The van der Waals surface area contributed by atoms with Crippen molar-refractivity contribution in [1.82, 2.24) is 10.2 Å². The SMILES string of the molecule is CN(CCc1cccs1)C(=O)CCC1CCCN1.Cl. The minimum absolute atomic E-state index is 0. The van der Waals surface area contributed by atoms with Gasteiger partial charge >= 0.3 is 0 Å². The zero-order chi connectivity index (χ0) is 12.8. The van der Waals surface area contributed by atoms with Crippen molar-refractivity contribution in [3.8, 4) is 0 Å². The molecule has 0 bridgehead atoms. The lowest BCUT2D eigenvalue weighted by molar-refractivity contribution is -0.130. The molecular weight excluding hydrogens is 280 g/mol. The van der Waals surface area contributed by atoms with Gasteiger partial charge in [0, 0.05) is 30.9 Å². The lowest BCUT2D eigenvalue weighted by Crippen LogP contribution is -2.30. The van der Waals surface area contributed by atoms with Gasteiger partial charge < -0.3 is 10.2 Å². The molecule has 1 atom stereocenters. The van der Waals surface area contributed by atoms with Gasteiger partial charge in [-0.1, -0.05) is 6.07 Å². The van der Waals surface area contributed by atoms with Crippen LogP contribution in [0, 0.1) is 0 Å². The van der Waals surface area contributed by atoms with Gasteiger partial charge in [0.1, 0.15) is 0 Å². The molecule has 1 fully saturated rings. The summed E-state index contributed by atoms with van der Waals surface area (Å²) < 4.78 is 0. The Hall–Kier alpha value is -0.580. The third-order valence-corrected chi connectivity index (χ3v) is 4.50. The Morgan fingerprint density at radius 3 is 3.05 bits per heavy atom. The number of likely N-dealkylation sites (N-methyl/N-ethyl adjacent to an activating group) is 1. The number of halogens is 1. The van der Waals surface area contributed by atoms with Gasteiger partial charge in [0.25, 0.3) is 0 Å². The monoisotopic (exact) mass is 302 g/mol. The summed E-state index contributed by atoms with van der Waals surface area (Å²) in [5.41, 5.74) is 0. The summed E-state index contributed by atoms with van der Waals surface area (Å²) in [5.74, 6) is 0.278. The average molecular weight is 303 g/mol. The summed E-state index contributed by atoms with van der Waals surface area (Å²) in [6, 6.07) is 4.76. The lowest BCUT2D eigenvalue weighted by Gasteiger charge is -2.18. The molecule has 0 spiro atoms. The predicted molar refractivity (Wildman–Crippen MR) is 83.2 cm³/mol. The van der Waals surface area contributed by atoms with E-state index in [9.17, 15) is 4.79 Å². The molecule has 2 heterocycles. The topological polar surface area (TPSA) is 32.3 Å². The van der Waals surface area contributed by atoms with Crippen molar-refractivity contribution < 1.29 is 4.79 Å². The molecule has 0 aromatic carbocycles. The molecule has 2 rings (SSSR count). The fourth-order valence-electron chi connectivity index (χ4n) is 2.35. The zero-order valence-electron chi connectivity index (χ0n) is 11.4. The molecule has 0 aliphatic carbocycles. The maximum absolute atomic E-state index is 12.0. The summed E-state index contributed by atoms with van der Waals surface area (Å²) in [4.78, 5) is 15.2. The summed E-state index contributed by atoms with van der Waals surface area (Å²) >= 11 is 1.76. The Kier molecular flexibility index (Phi) is 7.42. The Morgan fingerprint density at radius 1 is 1.58 bits per heavy atom. The zero-order valence-corrected chi connectivity index (χ0v) is 13.1. The van der Waals surface area contributed by atoms with Crippen LogP contribution in [0.25, 0.3) is 0 Å². The molecule has 5 heteroatoms. The van der Waals surface area contributed by atoms with Gasteiger partial charge in [-0.15, -0.1) is 23.7 Å². The molecule has 1 aliphatic rings. The van der Waals surface area contributed by atoms with Crippen molar-refractivity contribution in [3.05, 3.63) is 22.4 Å². The van der Waals surface area contributed by atoms with Crippen LogP contribution in [0.4, 0.5) is 0 Å². The fraction of sp³-hybridized carbons (Fsp3) is 0.643. The molecule has 0 radical (unpaired) electrons. The van der Waals surface area contributed by atoms with Gasteiger partial charge in [-0.3, -0.25) is 4.79 Å². The van der Waals surface area contributed by atoms with Crippen molar-refractivity contribution in [2.45, 2.75) is 38.1 Å². The highest BCUT2D eigenvalue weighted by Gasteiger charge is 2.16. The van der Waals surface area contributed by atoms with Gasteiger partial charge in [0.2, 0.25) is 5.91 Å². The maximum Gasteiger partial charge on any atom is 0.222 e. The second-order valence-corrected chi connectivity index (χ2v) is 6.01. The van der Waals surface area contributed by atoms with E-state index in [0.29, 0.717) is 12.5 Å². The number of amides is 1. The second kappa shape index (κ2) is 8.56. The van der Waals surface area contributed by atoms with E-state index in [0.717, 1.165) is 25.9 Å². The van der Waals surface area contributed by atoms with Crippen molar-refractivity contribution in [2.24, 2.45) is 0 Å². The number of thiophene rings is 1. The number of carbonyl (C=O) groups excluding carboxylic acids is 1. The van der Waals surface area contributed by atoms with E-state index in [1.165, 1.54) is 17.7 Å². The number of nitrogens with one attached hydrogen (secondary N) is 1. The van der Waals surface area contributed by atoms with Crippen LogP contribution in [0.1, 0.15) is 30.6 Å². The van der Waals surface area contributed by atoms with Gasteiger partial charge in [-0.2, -0.15) is 0 Å². The molecular formula is C14H23ClN2OS. The Labute approximate surface area is 125 Å². The third kappa shape index (κ3) is 5.51. The smallest absolute Gasteiger partial charge is 0.222 e. The fourth-order valence-corrected chi connectivity index (χ4v) is 3.05. The quantitative estimate of drug-likeness (QED) is 0.876. The molecule has 1 aliphatic heterocycles. The summed E-state index contributed by atoms with van der Waals surface area (Å²) in [7, 11) is 1.91. The third-order valence-electron chi connectivity index (χ3n) is 3.57. The standard InChI is InChI=1S/C14H22N2OS.ClH/c1-16(10-8-13-5-3-11-18-13)14(17)7-6-12-4-2-9-15-12;/h3,5,11-12,15H,2,4,6-10H2,1H3;1H. The van der Waals surface area contributed by atoms with Gasteiger partial charge in [0.15, 0.2) is 0 Å². The van der Waals surface area contributed by atoms with Crippen molar-refractivity contribution in [1.29, 1.82) is 0 Å². The molecule has 1 unspecified atom stereocenters. The van der Waals surface area contributed by atoms with E-state index < -0.39 is 0 Å². The summed E-state index contributed by atoms with van der Waals surface area (Å²) in [5, 5.41) is 5.52. The van der Waals surface area contributed by atoms with Gasteiger partial charge in [-0.05, 0) is 43.7 Å². The highest BCUT2D eigenvalue weighted by Crippen LogP contribution is 2.12. The van der Waals surface area contributed by atoms with Crippen LogP contribution in [0.3, 0.4) is 0 Å². The molecule has 19 heavy (non-hydrogen) atoms.